The van der Waals surface area contributed by atoms with Crippen molar-refractivity contribution >= 4 is 22.6 Å². The van der Waals surface area contributed by atoms with Gasteiger partial charge in [-0.1, -0.05) is 69.2 Å². The molecule has 0 saturated carbocycles. The van der Waals surface area contributed by atoms with Gasteiger partial charge in [0.1, 0.15) is 12.1 Å². The molecule has 2 aromatic rings. The van der Waals surface area contributed by atoms with Crippen LogP contribution in [0.3, 0.4) is 0 Å². The molecule has 0 aliphatic carbocycles. The first kappa shape index (κ1) is 16.5. The lowest BCUT2D eigenvalue weighted by molar-refractivity contribution is -0.137. The number of hydrogen-bond acceptors (Lipinski definition) is 2. The van der Waals surface area contributed by atoms with Crippen LogP contribution in [0, 0.1) is 0 Å². The number of amides is 2. The fraction of sp³-hybridized carbons (Fsp3) is 0.400. The smallest absolute Gasteiger partial charge is 0.243 e. The fourth-order valence-corrected chi connectivity index (χ4v) is 3.44. The van der Waals surface area contributed by atoms with Gasteiger partial charge in [-0.25, -0.2) is 0 Å². The highest BCUT2D eigenvalue weighted by Crippen LogP contribution is 2.28. The summed E-state index contributed by atoms with van der Waals surface area (Å²) in [6, 6.07) is 13.3. The summed E-state index contributed by atoms with van der Waals surface area (Å²) in [4.78, 5) is 24.9. The highest BCUT2D eigenvalue weighted by atomic mass is 16.2. The first-order chi connectivity index (χ1) is 11.6. The molecule has 2 amide bonds. The van der Waals surface area contributed by atoms with Crippen LogP contribution in [0.2, 0.25) is 0 Å². The SMILES string of the molecule is CCCC[C@H]1NC(=O)[C@@H]([C@H](C)c2cccc3ccccc23)NC1=O. The van der Waals surface area contributed by atoms with Gasteiger partial charge in [0, 0.05) is 5.92 Å². The Morgan fingerprint density at radius 1 is 1.00 bits per heavy atom. The number of fused-ring (bicyclic) bond motifs is 1. The van der Waals surface area contributed by atoms with Crippen LogP contribution < -0.4 is 10.6 Å². The van der Waals surface area contributed by atoms with Crippen molar-refractivity contribution in [1.29, 1.82) is 0 Å². The highest BCUT2D eigenvalue weighted by molar-refractivity contribution is 5.98. The maximum atomic E-state index is 12.5. The van der Waals surface area contributed by atoms with Gasteiger partial charge in [-0.15, -0.1) is 0 Å². The minimum Gasteiger partial charge on any atom is -0.343 e. The molecule has 1 aliphatic rings. The summed E-state index contributed by atoms with van der Waals surface area (Å²) in [5, 5.41) is 8.11. The minimum absolute atomic E-state index is 0.0693. The highest BCUT2D eigenvalue weighted by Gasteiger charge is 2.37. The predicted molar refractivity (Wildman–Crippen MR) is 95.7 cm³/mol. The van der Waals surface area contributed by atoms with Crippen molar-refractivity contribution in [2.24, 2.45) is 0 Å². The lowest BCUT2D eigenvalue weighted by Gasteiger charge is -2.33. The van der Waals surface area contributed by atoms with E-state index in [1.54, 1.807) is 0 Å². The third kappa shape index (κ3) is 3.14. The molecule has 3 rings (SSSR count). The largest absolute Gasteiger partial charge is 0.343 e. The third-order valence-corrected chi connectivity index (χ3v) is 4.87. The van der Waals surface area contributed by atoms with Crippen LogP contribution in [0.25, 0.3) is 10.8 Å². The molecule has 0 aromatic heterocycles. The molecule has 1 fully saturated rings. The van der Waals surface area contributed by atoms with Crippen molar-refractivity contribution in [3.05, 3.63) is 48.0 Å². The van der Waals surface area contributed by atoms with Crippen LogP contribution in [0.4, 0.5) is 0 Å². The minimum atomic E-state index is -0.527. The van der Waals surface area contributed by atoms with Crippen molar-refractivity contribution in [2.45, 2.75) is 51.1 Å². The zero-order valence-corrected chi connectivity index (χ0v) is 14.2. The molecule has 0 radical (unpaired) electrons. The molecule has 0 unspecified atom stereocenters. The summed E-state index contributed by atoms with van der Waals surface area (Å²) in [7, 11) is 0. The Bertz CT molecular complexity index is 751. The maximum Gasteiger partial charge on any atom is 0.243 e. The van der Waals surface area contributed by atoms with Gasteiger partial charge in [-0.3, -0.25) is 9.59 Å². The Labute approximate surface area is 142 Å². The number of rotatable bonds is 5. The zero-order chi connectivity index (χ0) is 17.1. The number of unbranched alkanes of at least 4 members (excludes halogenated alkanes) is 1. The van der Waals surface area contributed by atoms with Crippen LogP contribution in [-0.4, -0.2) is 23.9 Å². The van der Waals surface area contributed by atoms with Gasteiger partial charge in [0.25, 0.3) is 0 Å². The second kappa shape index (κ2) is 7.04. The van der Waals surface area contributed by atoms with Gasteiger partial charge in [0.2, 0.25) is 11.8 Å². The van der Waals surface area contributed by atoms with Crippen molar-refractivity contribution in [3.63, 3.8) is 0 Å². The molecule has 0 spiro atoms. The van der Waals surface area contributed by atoms with Gasteiger partial charge < -0.3 is 10.6 Å². The van der Waals surface area contributed by atoms with Gasteiger partial charge in [-0.2, -0.15) is 0 Å². The second-order valence-corrected chi connectivity index (χ2v) is 6.55. The molecule has 2 aromatic carbocycles. The summed E-state index contributed by atoms with van der Waals surface area (Å²) in [5.41, 5.74) is 1.08. The van der Waals surface area contributed by atoms with Crippen LogP contribution in [0.1, 0.15) is 44.6 Å². The molecule has 24 heavy (non-hydrogen) atoms. The lowest BCUT2D eigenvalue weighted by atomic mass is 9.87. The predicted octanol–water partition coefficient (Wildman–Crippen LogP) is 3.12. The van der Waals surface area contributed by atoms with Gasteiger partial charge in [-0.05, 0) is 22.8 Å². The third-order valence-electron chi connectivity index (χ3n) is 4.87. The quantitative estimate of drug-likeness (QED) is 0.888. The van der Waals surface area contributed by atoms with Crippen molar-refractivity contribution in [1.82, 2.24) is 10.6 Å². The van der Waals surface area contributed by atoms with Crippen molar-refractivity contribution in [2.75, 3.05) is 0 Å². The van der Waals surface area contributed by atoms with Gasteiger partial charge in [0.05, 0.1) is 0 Å². The Morgan fingerprint density at radius 2 is 1.75 bits per heavy atom. The van der Waals surface area contributed by atoms with Gasteiger partial charge in [0.15, 0.2) is 0 Å². The standard InChI is InChI=1S/C20H24N2O2/c1-3-4-12-17-19(23)22-18(20(24)21-17)13(2)15-11-7-9-14-8-5-6-10-16(14)15/h5-11,13,17-18H,3-4,12H2,1-2H3,(H,21,24)(H,22,23)/t13-,17-,18-/m1/s1. The zero-order valence-electron chi connectivity index (χ0n) is 14.2. The van der Waals surface area contributed by atoms with E-state index in [-0.39, 0.29) is 17.7 Å². The average Bonchev–Trinajstić information content (AvgIpc) is 2.61. The summed E-state index contributed by atoms with van der Waals surface area (Å²) in [5.74, 6) is -0.247. The van der Waals surface area contributed by atoms with E-state index in [2.05, 4.69) is 35.8 Å². The molecule has 1 aliphatic heterocycles. The van der Waals surface area contributed by atoms with Crippen LogP contribution in [0.15, 0.2) is 42.5 Å². The van der Waals surface area contributed by atoms with Crippen LogP contribution in [0.5, 0.6) is 0 Å². The number of piperazine rings is 1. The first-order valence-corrected chi connectivity index (χ1v) is 8.70. The monoisotopic (exact) mass is 324 g/mol. The first-order valence-electron chi connectivity index (χ1n) is 8.70. The molecule has 4 nitrogen and oxygen atoms in total. The molecular weight excluding hydrogens is 300 g/mol. The van der Waals surface area contributed by atoms with Crippen LogP contribution >= 0.6 is 0 Å². The van der Waals surface area contributed by atoms with E-state index in [4.69, 9.17) is 0 Å². The summed E-state index contributed by atoms with van der Waals surface area (Å²) < 4.78 is 0. The van der Waals surface area contributed by atoms with E-state index in [0.29, 0.717) is 6.42 Å². The maximum absolute atomic E-state index is 12.5. The number of benzene rings is 2. The van der Waals surface area contributed by atoms with Crippen LogP contribution in [-0.2, 0) is 9.59 Å². The molecule has 0 bridgehead atoms. The van der Waals surface area contributed by atoms with Gasteiger partial charge >= 0.3 is 0 Å². The Hall–Kier alpha value is -2.36. The molecule has 1 heterocycles. The van der Waals surface area contributed by atoms with Crippen molar-refractivity contribution in [3.8, 4) is 0 Å². The average molecular weight is 324 g/mol. The van der Waals surface area contributed by atoms with E-state index in [1.807, 2.05) is 31.2 Å². The lowest BCUT2D eigenvalue weighted by Crippen LogP contribution is -2.62. The Morgan fingerprint density at radius 3 is 2.54 bits per heavy atom. The summed E-state index contributed by atoms with van der Waals surface area (Å²) >= 11 is 0. The summed E-state index contributed by atoms with van der Waals surface area (Å²) in [6.07, 6.45) is 2.64. The molecule has 1 saturated heterocycles. The molecule has 4 heteroatoms. The second-order valence-electron chi connectivity index (χ2n) is 6.55. The number of hydrogen-bond donors (Lipinski definition) is 2. The van der Waals surface area contributed by atoms with E-state index in [1.165, 1.54) is 0 Å². The molecule has 126 valence electrons. The molecular formula is C20H24N2O2. The topological polar surface area (TPSA) is 58.2 Å². The fourth-order valence-electron chi connectivity index (χ4n) is 3.44. The molecule has 2 N–H and O–H groups in total. The van der Waals surface area contributed by atoms with E-state index >= 15 is 0 Å². The Balaban J connectivity index is 1.83. The van der Waals surface area contributed by atoms with Crippen molar-refractivity contribution < 1.29 is 9.59 Å². The van der Waals surface area contributed by atoms with E-state index in [9.17, 15) is 9.59 Å². The number of nitrogens with one attached hydrogen (secondary N) is 2. The Kier molecular flexibility index (Phi) is 4.84. The molecule has 3 atom stereocenters. The van der Waals surface area contributed by atoms with E-state index < -0.39 is 12.1 Å². The number of carbonyl (C=O) groups excluding carboxylic acids is 2. The number of carbonyl (C=O) groups is 2. The normalized spacial score (nSPS) is 22.1. The van der Waals surface area contributed by atoms with E-state index in [0.717, 1.165) is 29.2 Å². The summed E-state index contributed by atoms with van der Waals surface area (Å²) in [6.45, 7) is 4.08.